The molecule has 8 nitrogen and oxygen atoms in total. The van der Waals surface area contributed by atoms with E-state index >= 15 is 0 Å². The first-order chi connectivity index (χ1) is 19.4. The largest absolute Gasteiger partial charge is 0.396 e. The van der Waals surface area contributed by atoms with Crippen LogP contribution in [0.5, 0.6) is 0 Å². The van der Waals surface area contributed by atoms with Crippen LogP contribution in [0.3, 0.4) is 0 Å². The monoisotopic (exact) mass is 563 g/mol. The Morgan fingerprint density at radius 3 is 2.37 bits per heavy atom. The van der Waals surface area contributed by atoms with Crippen LogP contribution < -0.4 is 0 Å². The molecule has 3 amide bonds. The maximum absolute atomic E-state index is 14.6. The number of fused-ring (bicyclic) bond motifs is 2. The van der Waals surface area contributed by atoms with Crippen LogP contribution in [0.25, 0.3) is 0 Å². The minimum atomic E-state index is -1.23. The highest BCUT2D eigenvalue weighted by Gasteiger charge is 2.72. The first kappa shape index (κ1) is 29.5. The van der Waals surface area contributed by atoms with Crippen molar-refractivity contribution < 1.29 is 24.2 Å². The topological polar surface area (TPSA) is 90.4 Å². The van der Waals surface area contributed by atoms with Crippen LogP contribution in [0.2, 0.25) is 0 Å². The Hall–Kier alpha value is -2.97. The SMILES string of the molecule is CC(C)(C)CC(C)(C)N1CC=C[C@]23O[C@H]4C=CCN(Cc5ccccc5)C(=O)[C@H]4[C@H]2C(=O)N(CCCCO)C3C1=O. The second kappa shape index (κ2) is 11.0. The summed E-state index contributed by atoms with van der Waals surface area (Å²) in [7, 11) is 0. The summed E-state index contributed by atoms with van der Waals surface area (Å²) in [5, 5.41) is 9.45. The summed E-state index contributed by atoms with van der Waals surface area (Å²) in [6, 6.07) is 8.97. The summed E-state index contributed by atoms with van der Waals surface area (Å²) in [6.07, 6.45) is 9.00. The van der Waals surface area contributed by atoms with Crippen molar-refractivity contribution in [1.29, 1.82) is 0 Å². The van der Waals surface area contributed by atoms with E-state index in [4.69, 9.17) is 4.74 Å². The summed E-state index contributed by atoms with van der Waals surface area (Å²) >= 11 is 0. The molecule has 1 N–H and O–H groups in total. The number of carbonyl (C=O) groups is 3. The van der Waals surface area contributed by atoms with Gasteiger partial charge in [-0.15, -0.1) is 0 Å². The van der Waals surface area contributed by atoms with Gasteiger partial charge < -0.3 is 24.5 Å². The number of aliphatic hydroxyl groups excluding tert-OH is 1. The van der Waals surface area contributed by atoms with E-state index in [0.29, 0.717) is 39.0 Å². The normalized spacial score (nSPS) is 29.9. The van der Waals surface area contributed by atoms with E-state index in [1.54, 1.807) is 9.80 Å². The lowest BCUT2D eigenvalue weighted by molar-refractivity contribution is -0.152. The molecule has 1 unspecified atom stereocenters. The maximum Gasteiger partial charge on any atom is 0.249 e. The number of likely N-dealkylation sites (tertiary alicyclic amines) is 1. The highest BCUT2D eigenvalue weighted by Crippen LogP contribution is 2.54. The summed E-state index contributed by atoms with van der Waals surface area (Å²) < 4.78 is 6.77. The fourth-order valence-corrected chi connectivity index (χ4v) is 7.71. The lowest BCUT2D eigenvalue weighted by atomic mass is 9.77. The van der Waals surface area contributed by atoms with Crippen molar-refractivity contribution in [3.05, 3.63) is 60.2 Å². The molecule has 2 fully saturated rings. The van der Waals surface area contributed by atoms with Crippen LogP contribution in [0.15, 0.2) is 54.6 Å². The van der Waals surface area contributed by atoms with E-state index in [0.717, 1.165) is 12.0 Å². The van der Waals surface area contributed by atoms with Gasteiger partial charge in [0.25, 0.3) is 0 Å². The first-order valence-corrected chi connectivity index (χ1v) is 15.0. The van der Waals surface area contributed by atoms with Gasteiger partial charge in [-0.25, -0.2) is 0 Å². The van der Waals surface area contributed by atoms with Gasteiger partial charge in [-0.2, -0.15) is 0 Å². The highest BCUT2D eigenvalue weighted by atomic mass is 16.5. The van der Waals surface area contributed by atoms with Crippen LogP contribution in [0, 0.1) is 17.3 Å². The number of ether oxygens (including phenoxy) is 1. The van der Waals surface area contributed by atoms with Gasteiger partial charge in [-0.1, -0.05) is 75.4 Å². The second-order valence-corrected chi connectivity index (χ2v) is 13.8. The van der Waals surface area contributed by atoms with E-state index in [1.165, 1.54) is 0 Å². The zero-order chi connectivity index (χ0) is 29.6. The quantitative estimate of drug-likeness (QED) is 0.386. The molecule has 5 rings (SSSR count). The molecular weight excluding hydrogens is 518 g/mol. The fourth-order valence-electron chi connectivity index (χ4n) is 7.71. The van der Waals surface area contributed by atoms with Gasteiger partial charge >= 0.3 is 0 Å². The molecule has 1 aromatic rings. The average molecular weight is 564 g/mol. The summed E-state index contributed by atoms with van der Waals surface area (Å²) in [6.45, 7) is 12.3. The molecule has 4 aliphatic heterocycles. The number of nitrogens with zero attached hydrogens (tertiary/aromatic N) is 3. The molecule has 0 bridgehead atoms. The summed E-state index contributed by atoms with van der Waals surface area (Å²) in [5.41, 5.74) is -0.689. The Bertz CT molecular complexity index is 1220. The van der Waals surface area contributed by atoms with Gasteiger partial charge in [0, 0.05) is 38.3 Å². The number of hydrogen-bond acceptors (Lipinski definition) is 5. The van der Waals surface area contributed by atoms with E-state index < -0.39 is 35.1 Å². The molecule has 0 saturated carbocycles. The average Bonchev–Trinajstić information content (AvgIpc) is 3.20. The van der Waals surface area contributed by atoms with Crippen molar-refractivity contribution in [1.82, 2.24) is 14.7 Å². The van der Waals surface area contributed by atoms with Crippen LogP contribution in [-0.4, -0.2) is 87.1 Å². The Morgan fingerprint density at radius 1 is 0.951 bits per heavy atom. The number of unbranched alkanes of at least 4 members (excludes halogenated alkanes) is 1. The molecule has 4 aliphatic rings. The van der Waals surface area contributed by atoms with Crippen molar-refractivity contribution >= 4 is 17.7 Å². The number of aliphatic hydroxyl groups is 1. The standard InChI is InChI=1S/C33H45N3O5/c1-31(2,3)22-32(4,5)36-19-12-16-33-26(29(39)35(18-9-10-20-37)27(33)30(36)40)25-24(41-33)15-11-17-34(28(25)38)21-23-13-7-6-8-14-23/h6-8,11-16,24-27,37H,9-10,17-22H2,1-5H3/t24-,25+,26-,27?,33-/m0/s1. The molecule has 8 heteroatoms. The van der Waals surface area contributed by atoms with Gasteiger partial charge in [0.05, 0.1) is 17.9 Å². The third kappa shape index (κ3) is 5.37. The number of carbonyl (C=O) groups excluding carboxylic acids is 3. The lowest BCUT2D eigenvalue weighted by Crippen LogP contribution is -2.60. The third-order valence-electron chi connectivity index (χ3n) is 8.96. The summed E-state index contributed by atoms with van der Waals surface area (Å²) in [4.78, 5) is 48.5. The van der Waals surface area contributed by atoms with E-state index in [1.807, 2.05) is 59.5 Å². The summed E-state index contributed by atoms with van der Waals surface area (Å²) in [5.74, 6) is -1.99. The van der Waals surface area contributed by atoms with Crippen LogP contribution in [0.4, 0.5) is 0 Å². The Morgan fingerprint density at radius 2 is 1.68 bits per heavy atom. The Kier molecular flexibility index (Phi) is 7.94. The predicted octanol–water partition coefficient (Wildman–Crippen LogP) is 3.55. The molecule has 0 aliphatic carbocycles. The molecule has 2 saturated heterocycles. The van der Waals surface area contributed by atoms with Crippen LogP contribution in [-0.2, 0) is 25.7 Å². The van der Waals surface area contributed by atoms with Crippen molar-refractivity contribution in [3.8, 4) is 0 Å². The molecule has 41 heavy (non-hydrogen) atoms. The van der Waals surface area contributed by atoms with Crippen molar-refractivity contribution in [3.63, 3.8) is 0 Å². The molecule has 222 valence electrons. The molecule has 0 radical (unpaired) electrons. The number of rotatable bonds is 8. The Balaban J connectivity index is 1.53. The van der Waals surface area contributed by atoms with Gasteiger partial charge in [0.15, 0.2) is 0 Å². The first-order valence-electron chi connectivity index (χ1n) is 15.0. The zero-order valence-corrected chi connectivity index (χ0v) is 25.1. The minimum absolute atomic E-state index is 0.0111. The number of amides is 3. The number of hydrogen-bond donors (Lipinski definition) is 1. The minimum Gasteiger partial charge on any atom is -0.396 e. The zero-order valence-electron chi connectivity index (χ0n) is 25.1. The fraction of sp³-hybridized carbons (Fsp3) is 0.606. The molecule has 1 aromatic carbocycles. The molecule has 4 heterocycles. The van der Waals surface area contributed by atoms with Crippen molar-refractivity contribution in [2.75, 3.05) is 26.2 Å². The smallest absolute Gasteiger partial charge is 0.249 e. The molecule has 0 aromatic heterocycles. The van der Waals surface area contributed by atoms with Crippen LogP contribution in [0.1, 0.15) is 59.4 Å². The Labute approximate surface area is 244 Å². The van der Waals surface area contributed by atoms with Crippen molar-refractivity contribution in [2.45, 2.75) is 83.7 Å². The molecular formula is C33H45N3O5. The van der Waals surface area contributed by atoms with Crippen molar-refractivity contribution in [2.24, 2.45) is 17.3 Å². The highest BCUT2D eigenvalue weighted by molar-refractivity contribution is 6.00. The number of benzene rings is 1. The van der Waals surface area contributed by atoms with E-state index in [9.17, 15) is 19.5 Å². The van der Waals surface area contributed by atoms with Crippen LogP contribution >= 0.6 is 0 Å². The third-order valence-corrected chi connectivity index (χ3v) is 8.96. The lowest BCUT2D eigenvalue weighted by Gasteiger charge is -2.44. The second-order valence-electron chi connectivity index (χ2n) is 13.8. The predicted molar refractivity (Wildman–Crippen MR) is 156 cm³/mol. The molecule has 1 spiro atoms. The van der Waals surface area contributed by atoms with Gasteiger partial charge in [-0.3, -0.25) is 14.4 Å². The maximum atomic E-state index is 14.6. The van der Waals surface area contributed by atoms with Gasteiger partial charge in [0.1, 0.15) is 11.6 Å². The van der Waals surface area contributed by atoms with Gasteiger partial charge in [0.2, 0.25) is 17.7 Å². The van der Waals surface area contributed by atoms with E-state index in [2.05, 4.69) is 34.6 Å². The van der Waals surface area contributed by atoms with E-state index in [-0.39, 0.29) is 29.7 Å². The van der Waals surface area contributed by atoms with Gasteiger partial charge in [-0.05, 0) is 44.1 Å². The molecule has 5 atom stereocenters.